The van der Waals surface area contributed by atoms with Crippen LogP contribution in [0.25, 0.3) is 11.3 Å². The molecule has 0 spiro atoms. The number of carbonyl (C=O) groups excluding carboxylic acids is 2. The highest BCUT2D eigenvalue weighted by Crippen LogP contribution is 2.20. The molecule has 2 saturated heterocycles. The Hall–Kier alpha value is -3.11. The highest BCUT2D eigenvalue weighted by atomic mass is 19.1. The van der Waals surface area contributed by atoms with E-state index in [-0.39, 0.29) is 24.2 Å². The Morgan fingerprint density at radius 2 is 1.75 bits per heavy atom. The molecule has 1 aromatic carbocycles. The maximum Gasteiger partial charge on any atom is 0.242 e. The van der Waals surface area contributed by atoms with Crippen LogP contribution in [0.15, 0.2) is 36.4 Å². The Morgan fingerprint density at radius 3 is 2.44 bits per heavy atom. The second kappa shape index (κ2) is 12.7. The van der Waals surface area contributed by atoms with Gasteiger partial charge in [-0.15, -0.1) is 10.2 Å². The molecular weight excluding hydrogens is 463 g/mol. The smallest absolute Gasteiger partial charge is 0.242 e. The number of amides is 2. The molecule has 2 aliphatic rings. The van der Waals surface area contributed by atoms with Crippen LogP contribution in [-0.4, -0.2) is 109 Å². The van der Waals surface area contributed by atoms with Crippen molar-refractivity contribution in [2.75, 3.05) is 77.0 Å². The molecule has 9 nitrogen and oxygen atoms in total. The Kier molecular flexibility index (Phi) is 9.18. The van der Waals surface area contributed by atoms with E-state index in [0.717, 1.165) is 44.0 Å². The van der Waals surface area contributed by atoms with Crippen molar-refractivity contribution < 1.29 is 18.7 Å². The lowest BCUT2D eigenvalue weighted by molar-refractivity contribution is -0.140. The van der Waals surface area contributed by atoms with E-state index in [2.05, 4.69) is 20.0 Å². The maximum atomic E-state index is 13.2. The second-order valence-electron chi connectivity index (χ2n) is 9.13. The van der Waals surface area contributed by atoms with E-state index in [4.69, 9.17) is 4.74 Å². The molecule has 0 bridgehead atoms. The van der Waals surface area contributed by atoms with Gasteiger partial charge in [0.25, 0.3) is 0 Å². The summed E-state index contributed by atoms with van der Waals surface area (Å²) in [6.07, 6.45) is 1.19. The van der Waals surface area contributed by atoms with Crippen molar-refractivity contribution in [3.63, 3.8) is 0 Å². The first-order valence-electron chi connectivity index (χ1n) is 12.7. The molecule has 0 saturated carbocycles. The molecule has 0 radical (unpaired) electrons. The third-order valence-electron chi connectivity index (χ3n) is 6.73. The van der Waals surface area contributed by atoms with Crippen LogP contribution in [0.2, 0.25) is 0 Å². The third kappa shape index (κ3) is 6.98. The Labute approximate surface area is 211 Å². The van der Waals surface area contributed by atoms with Crippen LogP contribution < -0.4 is 4.90 Å². The van der Waals surface area contributed by atoms with E-state index in [1.807, 2.05) is 24.0 Å². The highest BCUT2D eigenvalue weighted by Gasteiger charge is 2.24. The first kappa shape index (κ1) is 26.0. The fraction of sp³-hybridized carbons (Fsp3) is 0.538. The number of hydrogen-bond donors (Lipinski definition) is 0. The average molecular weight is 499 g/mol. The van der Waals surface area contributed by atoms with Crippen molar-refractivity contribution in [2.45, 2.75) is 19.8 Å². The Morgan fingerprint density at radius 1 is 0.972 bits per heavy atom. The van der Waals surface area contributed by atoms with Gasteiger partial charge in [0.05, 0.1) is 25.5 Å². The summed E-state index contributed by atoms with van der Waals surface area (Å²) in [4.78, 5) is 33.6. The Balaban J connectivity index is 1.31. The van der Waals surface area contributed by atoms with Crippen LogP contribution >= 0.6 is 0 Å². The fourth-order valence-corrected chi connectivity index (χ4v) is 4.53. The lowest BCUT2D eigenvalue weighted by Crippen LogP contribution is -2.47. The molecule has 36 heavy (non-hydrogen) atoms. The summed E-state index contributed by atoms with van der Waals surface area (Å²) >= 11 is 0. The molecular formula is C26H35FN6O3. The van der Waals surface area contributed by atoms with Crippen LogP contribution in [0.4, 0.5) is 10.2 Å². The van der Waals surface area contributed by atoms with Crippen LogP contribution in [0.3, 0.4) is 0 Å². The third-order valence-corrected chi connectivity index (χ3v) is 6.73. The number of halogens is 1. The zero-order valence-electron chi connectivity index (χ0n) is 20.9. The molecule has 10 heteroatoms. The molecule has 2 amide bonds. The standard InChI is InChI=1S/C26H35FN6O3/c1-2-25(34)33(13-12-30-16-18-36-19-17-30)20-26(35)32-11-3-10-31(14-15-32)24-9-8-23(28-29-24)21-4-6-22(27)7-5-21/h4-9H,2-3,10-20H2,1H3. The summed E-state index contributed by atoms with van der Waals surface area (Å²) in [7, 11) is 0. The second-order valence-corrected chi connectivity index (χ2v) is 9.13. The number of carbonyl (C=O) groups is 2. The minimum absolute atomic E-state index is 0.00424. The van der Waals surface area contributed by atoms with Crippen molar-refractivity contribution in [1.82, 2.24) is 24.9 Å². The molecule has 0 aliphatic carbocycles. The van der Waals surface area contributed by atoms with Gasteiger partial charge in [-0.2, -0.15) is 0 Å². The summed E-state index contributed by atoms with van der Waals surface area (Å²) in [6.45, 7) is 9.02. The van der Waals surface area contributed by atoms with Gasteiger partial charge in [0.1, 0.15) is 5.82 Å². The first-order chi connectivity index (χ1) is 17.5. The van der Waals surface area contributed by atoms with Gasteiger partial charge in [-0.1, -0.05) is 6.92 Å². The molecule has 194 valence electrons. The number of aromatic nitrogens is 2. The summed E-state index contributed by atoms with van der Waals surface area (Å²) in [5.74, 6) is 0.456. The molecule has 2 aliphatic heterocycles. The van der Waals surface area contributed by atoms with Crippen molar-refractivity contribution >= 4 is 17.6 Å². The van der Waals surface area contributed by atoms with Gasteiger partial charge in [0.2, 0.25) is 11.8 Å². The number of ether oxygens (including phenoxy) is 1. The van der Waals surface area contributed by atoms with Crippen molar-refractivity contribution in [3.8, 4) is 11.3 Å². The minimum Gasteiger partial charge on any atom is -0.379 e. The van der Waals surface area contributed by atoms with E-state index in [1.165, 1.54) is 12.1 Å². The lowest BCUT2D eigenvalue weighted by Gasteiger charge is -2.31. The van der Waals surface area contributed by atoms with E-state index in [0.29, 0.717) is 51.5 Å². The van der Waals surface area contributed by atoms with E-state index < -0.39 is 0 Å². The van der Waals surface area contributed by atoms with Crippen LogP contribution in [0.1, 0.15) is 19.8 Å². The number of morpholine rings is 1. The molecule has 0 atom stereocenters. The maximum absolute atomic E-state index is 13.2. The van der Waals surface area contributed by atoms with Gasteiger partial charge < -0.3 is 19.4 Å². The van der Waals surface area contributed by atoms with E-state index >= 15 is 0 Å². The zero-order valence-corrected chi connectivity index (χ0v) is 20.9. The van der Waals surface area contributed by atoms with Gasteiger partial charge >= 0.3 is 0 Å². The predicted octanol–water partition coefficient (Wildman–Crippen LogP) is 1.89. The molecule has 1 aromatic heterocycles. The monoisotopic (exact) mass is 498 g/mol. The van der Waals surface area contributed by atoms with E-state index in [1.54, 1.807) is 17.0 Å². The van der Waals surface area contributed by atoms with Gasteiger partial charge in [0.15, 0.2) is 5.82 Å². The number of nitrogens with zero attached hydrogens (tertiary/aromatic N) is 6. The largest absolute Gasteiger partial charge is 0.379 e. The molecule has 0 N–H and O–H groups in total. The van der Waals surface area contributed by atoms with Crippen molar-refractivity contribution in [3.05, 3.63) is 42.2 Å². The number of hydrogen-bond acceptors (Lipinski definition) is 7. The minimum atomic E-state index is -0.286. The van der Waals surface area contributed by atoms with Crippen molar-refractivity contribution in [1.29, 1.82) is 0 Å². The summed E-state index contributed by atoms with van der Waals surface area (Å²) in [5.41, 5.74) is 1.49. The van der Waals surface area contributed by atoms with E-state index in [9.17, 15) is 14.0 Å². The summed E-state index contributed by atoms with van der Waals surface area (Å²) < 4.78 is 18.6. The van der Waals surface area contributed by atoms with Crippen LogP contribution in [-0.2, 0) is 14.3 Å². The first-order valence-corrected chi connectivity index (χ1v) is 12.7. The quantitative estimate of drug-likeness (QED) is 0.550. The number of rotatable bonds is 8. The topological polar surface area (TPSA) is 82.1 Å². The van der Waals surface area contributed by atoms with Crippen LogP contribution in [0.5, 0.6) is 0 Å². The predicted molar refractivity (Wildman–Crippen MR) is 135 cm³/mol. The number of benzene rings is 1. The summed E-state index contributed by atoms with van der Waals surface area (Å²) in [6, 6.07) is 9.97. The zero-order chi connectivity index (χ0) is 25.3. The normalized spacial score (nSPS) is 17.1. The molecule has 2 aromatic rings. The van der Waals surface area contributed by atoms with Gasteiger partial charge in [-0.05, 0) is 42.8 Å². The van der Waals surface area contributed by atoms with Gasteiger partial charge in [-0.3, -0.25) is 14.5 Å². The van der Waals surface area contributed by atoms with Crippen LogP contribution in [0, 0.1) is 5.82 Å². The molecule has 0 unspecified atom stereocenters. The molecule has 4 rings (SSSR count). The Bertz CT molecular complexity index is 998. The molecule has 3 heterocycles. The van der Waals surface area contributed by atoms with Crippen molar-refractivity contribution in [2.24, 2.45) is 0 Å². The summed E-state index contributed by atoms with van der Waals surface area (Å²) in [5, 5.41) is 8.69. The average Bonchev–Trinajstić information content (AvgIpc) is 3.18. The van der Waals surface area contributed by atoms with Gasteiger partial charge in [-0.25, -0.2) is 4.39 Å². The lowest BCUT2D eigenvalue weighted by atomic mass is 10.1. The number of anilines is 1. The SMILES string of the molecule is CCC(=O)N(CCN1CCOCC1)CC(=O)N1CCCN(c2ccc(-c3ccc(F)cc3)nn2)CC1. The fourth-order valence-electron chi connectivity index (χ4n) is 4.53. The molecule has 2 fully saturated rings. The van der Waals surface area contributed by atoms with Gasteiger partial charge in [0, 0.05) is 64.3 Å². The highest BCUT2D eigenvalue weighted by molar-refractivity contribution is 5.84.